The number of morpholine rings is 1. The smallest absolute Gasteiger partial charge is 0.254 e. The summed E-state index contributed by atoms with van der Waals surface area (Å²) in [6.45, 7) is 8.11. The molecule has 1 atom stereocenters. The molecule has 28 heavy (non-hydrogen) atoms. The minimum absolute atomic E-state index is 0.0162. The van der Waals surface area contributed by atoms with E-state index in [1.54, 1.807) is 4.90 Å². The third kappa shape index (κ3) is 3.64. The molecule has 2 fully saturated rings. The van der Waals surface area contributed by atoms with Crippen molar-refractivity contribution in [2.24, 2.45) is 0 Å². The molecule has 2 heterocycles. The maximum atomic E-state index is 13.1. The van der Waals surface area contributed by atoms with Crippen molar-refractivity contribution in [1.82, 2.24) is 4.90 Å². The number of anilines is 1. The number of hydrogen-bond acceptors (Lipinski definition) is 4. The van der Waals surface area contributed by atoms with Crippen LogP contribution in [0.2, 0.25) is 0 Å². The number of rotatable bonds is 3. The van der Waals surface area contributed by atoms with E-state index in [-0.39, 0.29) is 5.91 Å². The lowest BCUT2D eigenvalue weighted by atomic mass is 9.92. The lowest BCUT2D eigenvalue weighted by Crippen LogP contribution is -2.37. The largest absolute Gasteiger partial charge is 0.383 e. The van der Waals surface area contributed by atoms with E-state index in [0.717, 1.165) is 35.5 Å². The number of aliphatic hydroxyl groups is 1. The number of ether oxygens (including phenoxy) is 1. The van der Waals surface area contributed by atoms with Gasteiger partial charge in [-0.05, 0) is 43.5 Å². The van der Waals surface area contributed by atoms with Crippen LogP contribution in [-0.2, 0) is 10.3 Å². The van der Waals surface area contributed by atoms with Crippen LogP contribution in [0.3, 0.4) is 0 Å². The summed E-state index contributed by atoms with van der Waals surface area (Å²) in [5, 5.41) is 11.1. The van der Waals surface area contributed by atoms with Gasteiger partial charge in [-0.15, -0.1) is 0 Å². The van der Waals surface area contributed by atoms with Crippen molar-refractivity contribution in [2.45, 2.75) is 25.9 Å². The number of β-amino-alcohol motifs (C(OH)–C–C–N with tert-alkyl or cyclic N) is 1. The highest BCUT2D eigenvalue weighted by Gasteiger charge is 2.39. The van der Waals surface area contributed by atoms with Crippen LogP contribution in [0.4, 0.5) is 5.69 Å². The summed E-state index contributed by atoms with van der Waals surface area (Å²) in [5.74, 6) is -0.0162. The van der Waals surface area contributed by atoms with E-state index in [0.29, 0.717) is 38.3 Å². The number of likely N-dealkylation sites (tertiary alicyclic amines) is 1. The van der Waals surface area contributed by atoms with Crippen molar-refractivity contribution in [3.63, 3.8) is 0 Å². The van der Waals surface area contributed by atoms with Crippen LogP contribution in [0.25, 0.3) is 0 Å². The molecule has 2 aliphatic heterocycles. The Morgan fingerprint density at radius 1 is 1.04 bits per heavy atom. The Balaban J connectivity index is 1.53. The van der Waals surface area contributed by atoms with Crippen LogP contribution >= 0.6 is 0 Å². The molecule has 0 radical (unpaired) electrons. The Morgan fingerprint density at radius 2 is 1.75 bits per heavy atom. The molecule has 0 saturated carbocycles. The Morgan fingerprint density at radius 3 is 2.46 bits per heavy atom. The van der Waals surface area contributed by atoms with Gasteiger partial charge in [-0.1, -0.05) is 35.9 Å². The summed E-state index contributed by atoms with van der Waals surface area (Å²) < 4.78 is 5.45. The monoisotopic (exact) mass is 380 g/mol. The lowest BCUT2D eigenvalue weighted by molar-refractivity contribution is 0.0417. The first-order valence-electron chi connectivity index (χ1n) is 9.98. The maximum absolute atomic E-state index is 13.1. The van der Waals surface area contributed by atoms with E-state index in [4.69, 9.17) is 4.74 Å². The van der Waals surface area contributed by atoms with E-state index < -0.39 is 5.60 Å². The number of aryl methyl sites for hydroxylation is 2. The van der Waals surface area contributed by atoms with Crippen molar-refractivity contribution < 1.29 is 14.6 Å². The van der Waals surface area contributed by atoms with Gasteiger partial charge in [0.2, 0.25) is 0 Å². The minimum Gasteiger partial charge on any atom is -0.383 e. The van der Waals surface area contributed by atoms with Crippen molar-refractivity contribution >= 4 is 11.6 Å². The number of carbonyl (C=O) groups is 1. The molecule has 2 aromatic carbocycles. The van der Waals surface area contributed by atoms with Crippen LogP contribution in [0.1, 0.15) is 33.5 Å². The quantitative estimate of drug-likeness (QED) is 0.890. The molecule has 2 saturated heterocycles. The molecule has 148 valence electrons. The minimum atomic E-state index is -0.971. The molecule has 1 amide bonds. The van der Waals surface area contributed by atoms with Gasteiger partial charge in [0.15, 0.2) is 0 Å². The van der Waals surface area contributed by atoms with Gasteiger partial charge in [0.25, 0.3) is 5.91 Å². The Hall–Kier alpha value is -2.37. The molecule has 4 rings (SSSR count). The summed E-state index contributed by atoms with van der Waals surface area (Å²) in [4.78, 5) is 17.2. The first-order chi connectivity index (χ1) is 13.5. The zero-order valence-corrected chi connectivity index (χ0v) is 16.6. The predicted octanol–water partition coefficient (Wildman–Crippen LogP) is 2.87. The first-order valence-corrected chi connectivity index (χ1v) is 9.98. The van der Waals surface area contributed by atoms with Crippen LogP contribution in [0.5, 0.6) is 0 Å². The molecular formula is C23H28N2O3. The fourth-order valence-corrected chi connectivity index (χ4v) is 4.14. The topological polar surface area (TPSA) is 53.0 Å². The number of carbonyl (C=O) groups excluding carboxylic acids is 1. The van der Waals surface area contributed by atoms with Gasteiger partial charge >= 0.3 is 0 Å². The zero-order valence-electron chi connectivity index (χ0n) is 16.6. The van der Waals surface area contributed by atoms with Gasteiger partial charge in [-0.3, -0.25) is 4.79 Å². The zero-order chi connectivity index (χ0) is 19.7. The summed E-state index contributed by atoms with van der Waals surface area (Å²) in [5.41, 5.74) is 4.01. The molecule has 1 unspecified atom stereocenters. The second-order valence-electron chi connectivity index (χ2n) is 7.98. The molecule has 0 bridgehead atoms. The fraction of sp³-hybridized carbons (Fsp3) is 0.435. The Bertz CT molecular complexity index is 859. The number of hydrogen-bond donors (Lipinski definition) is 1. The van der Waals surface area contributed by atoms with Crippen LogP contribution in [-0.4, -0.2) is 55.3 Å². The first kappa shape index (κ1) is 19.0. The summed E-state index contributed by atoms with van der Waals surface area (Å²) in [7, 11) is 0. The molecular weight excluding hydrogens is 352 g/mol. The van der Waals surface area contributed by atoms with Crippen molar-refractivity contribution in [1.29, 1.82) is 0 Å². The van der Waals surface area contributed by atoms with Crippen molar-refractivity contribution in [3.8, 4) is 0 Å². The lowest BCUT2D eigenvalue weighted by Gasteiger charge is -2.30. The van der Waals surface area contributed by atoms with Gasteiger partial charge < -0.3 is 19.6 Å². The second kappa shape index (κ2) is 7.57. The molecule has 0 spiro atoms. The average molecular weight is 380 g/mol. The summed E-state index contributed by atoms with van der Waals surface area (Å²) in [6, 6.07) is 13.8. The van der Waals surface area contributed by atoms with Crippen LogP contribution in [0, 0.1) is 13.8 Å². The van der Waals surface area contributed by atoms with Gasteiger partial charge in [0.1, 0.15) is 5.60 Å². The molecule has 0 aliphatic carbocycles. The SMILES string of the molecule is Cc1ccc(C2(O)CCN(C(=O)c3ccc(C)c(N4CCOCC4)c3)C2)cc1. The van der Waals surface area contributed by atoms with Gasteiger partial charge in [-0.2, -0.15) is 0 Å². The third-order valence-corrected chi connectivity index (χ3v) is 5.93. The molecule has 1 N–H and O–H groups in total. The van der Waals surface area contributed by atoms with Crippen molar-refractivity contribution in [2.75, 3.05) is 44.3 Å². The number of benzene rings is 2. The average Bonchev–Trinajstić information content (AvgIpc) is 3.12. The fourth-order valence-electron chi connectivity index (χ4n) is 4.14. The van der Waals surface area contributed by atoms with E-state index in [1.165, 1.54) is 0 Å². The van der Waals surface area contributed by atoms with Gasteiger partial charge in [0.05, 0.1) is 19.8 Å². The molecule has 2 aliphatic rings. The van der Waals surface area contributed by atoms with Gasteiger partial charge in [-0.25, -0.2) is 0 Å². The Labute approximate surface area is 166 Å². The standard InChI is InChI=1S/C23H28N2O3/c1-17-3-7-20(8-4-17)23(27)9-10-25(16-23)22(26)19-6-5-18(2)21(15-19)24-11-13-28-14-12-24/h3-8,15,27H,9-14,16H2,1-2H3. The molecule has 5 heteroatoms. The summed E-state index contributed by atoms with van der Waals surface area (Å²) >= 11 is 0. The predicted molar refractivity (Wildman–Crippen MR) is 110 cm³/mol. The van der Waals surface area contributed by atoms with Crippen LogP contribution < -0.4 is 4.90 Å². The number of nitrogens with zero attached hydrogens (tertiary/aromatic N) is 2. The number of amides is 1. The highest BCUT2D eigenvalue weighted by atomic mass is 16.5. The van der Waals surface area contributed by atoms with Crippen LogP contribution in [0.15, 0.2) is 42.5 Å². The van der Waals surface area contributed by atoms with E-state index in [2.05, 4.69) is 11.8 Å². The van der Waals surface area contributed by atoms with E-state index >= 15 is 0 Å². The normalized spacial score (nSPS) is 22.5. The molecule has 5 nitrogen and oxygen atoms in total. The molecule has 2 aromatic rings. The summed E-state index contributed by atoms with van der Waals surface area (Å²) in [6.07, 6.45) is 0.560. The van der Waals surface area contributed by atoms with E-state index in [1.807, 2.05) is 49.4 Å². The Kier molecular flexibility index (Phi) is 5.13. The third-order valence-electron chi connectivity index (χ3n) is 5.93. The van der Waals surface area contributed by atoms with Gasteiger partial charge in [0, 0.05) is 30.9 Å². The second-order valence-corrected chi connectivity index (χ2v) is 7.98. The maximum Gasteiger partial charge on any atom is 0.254 e. The van der Waals surface area contributed by atoms with E-state index in [9.17, 15) is 9.90 Å². The highest BCUT2D eigenvalue weighted by Crippen LogP contribution is 2.33. The van der Waals surface area contributed by atoms with Crippen molar-refractivity contribution in [3.05, 3.63) is 64.7 Å². The molecule has 0 aromatic heterocycles. The highest BCUT2D eigenvalue weighted by molar-refractivity contribution is 5.95.